The molecule has 0 aromatic carbocycles. The topological polar surface area (TPSA) is 48.7 Å². The van der Waals surface area contributed by atoms with Gasteiger partial charge in [-0.3, -0.25) is 5.41 Å². The first kappa shape index (κ1) is 10.4. The van der Waals surface area contributed by atoms with Crippen LogP contribution in [0.2, 0.25) is 0 Å². The lowest BCUT2D eigenvalue weighted by molar-refractivity contribution is 0.209. The van der Waals surface area contributed by atoms with Crippen LogP contribution in [0.25, 0.3) is 0 Å². The predicted octanol–water partition coefficient (Wildman–Crippen LogP) is 0.992. The van der Waals surface area contributed by atoms with Crippen molar-refractivity contribution in [2.45, 2.75) is 12.8 Å². The van der Waals surface area contributed by atoms with Gasteiger partial charge >= 0.3 is 0 Å². The van der Waals surface area contributed by atoms with Gasteiger partial charge in [-0.2, -0.15) is 12.6 Å². The van der Waals surface area contributed by atoms with Crippen molar-refractivity contribution in [3.63, 3.8) is 0 Å². The third-order valence-electron chi connectivity index (χ3n) is 2.09. The van der Waals surface area contributed by atoms with E-state index in [-0.39, 0.29) is 0 Å². The summed E-state index contributed by atoms with van der Waals surface area (Å²) in [7, 11) is 1.56. The molecule has 1 aliphatic rings. The Morgan fingerprint density at radius 2 is 2.23 bits per heavy atom. The number of oxime groups is 1. The fourth-order valence-corrected chi connectivity index (χ4v) is 1.56. The number of rotatable bonds is 2. The van der Waals surface area contributed by atoms with Crippen LogP contribution in [0.1, 0.15) is 12.8 Å². The highest BCUT2D eigenvalue weighted by Gasteiger charge is 2.16. The van der Waals surface area contributed by atoms with E-state index in [1.807, 2.05) is 4.90 Å². The third kappa shape index (κ3) is 2.91. The van der Waals surface area contributed by atoms with Gasteiger partial charge in [0.2, 0.25) is 0 Å². The van der Waals surface area contributed by atoms with E-state index in [2.05, 4.69) is 17.8 Å². The molecule has 0 atom stereocenters. The summed E-state index contributed by atoms with van der Waals surface area (Å²) in [5, 5.41) is 11.5. The van der Waals surface area contributed by atoms with Crippen LogP contribution < -0.4 is 0 Å². The van der Waals surface area contributed by atoms with E-state index >= 15 is 0 Å². The van der Waals surface area contributed by atoms with Crippen molar-refractivity contribution in [2.24, 2.45) is 5.16 Å². The van der Waals surface area contributed by atoms with Gasteiger partial charge in [0.15, 0.2) is 0 Å². The number of likely N-dealkylation sites (tertiary alicyclic amines) is 1. The van der Waals surface area contributed by atoms with E-state index in [0.29, 0.717) is 11.6 Å². The van der Waals surface area contributed by atoms with Crippen LogP contribution in [-0.2, 0) is 4.84 Å². The van der Waals surface area contributed by atoms with E-state index < -0.39 is 0 Å². The summed E-state index contributed by atoms with van der Waals surface area (Å²) < 4.78 is 0. The van der Waals surface area contributed by atoms with Crippen LogP contribution in [0.3, 0.4) is 0 Å². The minimum absolute atomic E-state index is 0.511. The van der Waals surface area contributed by atoms with E-state index in [1.54, 1.807) is 7.11 Å². The Balaban J connectivity index is 2.39. The fourth-order valence-electron chi connectivity index (χ4n) is 1.36. The molecule has 5 heteroatoms. The van der Waals surface area contributed by atoms with Crippen molar-refractivity contribution in [3.05, 3.63) is 0 Å². The molecule has 0 aromatic heterocycles. The van der Waals surface area contributed by atoms with Gasteiger partial charge < -0.3 is 9.74 Å². The maximum Gasteiger partial charge on any atom is 0.106 e. The molecule has 0 amide bonds. The number of amidine groups is 1. The second-order valence-electron chi connectivity index (χ2n) is 2.93. The Labute approximate surface area is 83.9 Å². The van der Waals surface area contributed by atoms with Crippen LogP contribution in [0.15, 0.2) is 5.16 Å². The van der Waals surface area contributed by atoms with Gasteiger partial charge in [0.1, 0.15) is 12.9 Å². The summed E-state index contributed by atoms with van der Waals surface area (Å²) in [6.07, 6.45) is 1.79. The third-order valence-corrected chi connectivity index (χ3v) is 2.39. The lowest BCUT2D eigenvalue weighted by atomic mass is 10.1. The zero-order valence-electron chi connectivity index (χ0n) is 7.79. The molecule has 0 spiro atoms. The van der Waals surface area contributed by atoms with Crippen molar-refractivity contribution in [1.82, 2.24) is 4.90 Å². The smallest absolute Gasteiger partial charge is 0.106 e. The lowest BCUT2D eigenvalue weighted by Gasteiger charge is -2.28. The minimum atomic E-state index is 0.511. The van der Waals surface area contributed by atoms with Gasteiger partial charge in [0.05, 0.1) is 5.71 Å². The molecule has 0 radical (unpaired) electrons. The van der Waals surface area contributed by atoms with E-state index in [4.69, 9.17) is 10.2 Å². The van der Waals surface area contributed by atoms with Crippen molar-refractivity contribution < 1.29 is 4.84 Å². The second-order valence-corrected chi connectivity index (χ2v) is 3.25. The Morgan fingerprint density at radius 1 is 1.62 bits per heavy atom. The zero-order valence-corrected chi connectivity index (χ0v) is 8.68. The van der Waals surface area contributed by atoms with Gasteiger partial charge in [-0.05, 0) is 0 Å². The molecule has 1 aliphatic heterocycles. The summed E-state index contributed by atoms with van der Waals surface area (Å²) in [5.41, 5.74) is 1.09. The number of nitrogens with one attached hydrogen (secondary N) is 1. The van der Waals surface area contributed by atoms with Crippen LogP contribution in [-0.4, -0.2) is 42.4 Å². The molecule has 74 valence electrons. The molecular weight excluding hydrogens is 186 g/mol. The summed E-state index contributed by atoms with van der Waals surface area (Å²) >= 11 is 4.07. The van der Waals surface area contributed by atoms with Gasteiger partial charge in [0, 0.05) is 31.7 Å². The molecule has 1 fully saturated rings. The quantitative estimate of drug-likeness (QED) is 0.303. The highest BCUT2D eigenvalue weighted by atomic mass is 32.1. The monoisotopic (exact) mass is 201 g/mol. The maximum atomic E-state index is 7.58. The number of piperidine rings is 1. The molecule has 0 unspecified atom stereocenters. The van der Waals surface area contributed by atoms with Crippen molar-refractivity contribution in [2.75, 3.05) is 26.0 Å². The highest BCUT2D eigenvalue weighted by molar-refractivity contribution is 7.81. The SMILES string of the molecule is CON=C1CCN(C(=N)CS)CC1. The normalized spacial score (nSPS) is 17.1. The zero-order chi connectivity index (χ0) is 9.68. The molecule has 0 saturated carbocycles. The number of nitrogens with zero attached hydrogens (tertiary/aromatic N) is 2. The number of hydrogen-bond acceptors (Lipinski definition) is 4. The number of hydrogen-bond donors (Lipinski definition) is 2. The Bertz CT molecular complexity index is 207. The fraction of sp³-hybridized carbons (Fsp3) is 0.750. The molecule has 1 saturated heterocycles. The Morgan fingerprint density at radius 3 is 2.69 bits per heavy atom. The Hall–Kier alpha value is -0.710. The van der Waals surface area contributed by atoms with E-state index in [9.17, 15) is 0 Å². The molecular formula is C8H15N3OS. The first-order valence-corrected chi connectivity index (χ1v) is 4.93. The molecule has 4 nitrogen and oxygen atoms in total. The second kappa shape index (κ2) is 5.11. The molecule has 13 heavy (non-hydrogen) atoms. The van der Waals surface area contributed by atoms with Crippen molar-refractivity contribution >= 4 is 24.2 Å². The highest BCUT2D eigenvalue weighted by Crippen LogP contribution is 2.08. The molecule has 0 aromatic rings. The van der Waals surface area contributed by atoms with Gasteiger partial charge in [-0.1, -0.05) is 5.16 Å². The molecule has 1 heterocycles. The van der Waals surface area contributed by atoms with E-state index in [0.717, 1.165) is 31.6 Å². The standard InChI is InChI=1S/C8H15N3OS/c1-12-10-7-2-4-11(5-3-7)8(9)6-13/h9,13H,2-6H2,1H3. The van der Waals surface area contributed by atoms with Gasteiger partial charge in [-0.25, -0.2) is 0 Å². The summed E-state index contributed by atoms with van der Waals surface area (Å²) in [6, 6.07) is 0. The molecule has 1 N–H and O–H groups in total. The number of thiol groups is 1. The molecule has 0 bridgehead atoms. The average Bonchev–Trinajstić information content (AvgIpc) is 2.18. The van der Waals surface area contributed by atoms with E-state index in [1.165, 1.54) is 0 Å². The predicted molar refractivity (Wildman–Crippen MR) is 56.8 cm³/mol. The first-order chi connectivity index (χ1) is 6.27. The van der Waals surface area contributed by atoms with Crippen LogP contribution in [0.5, 0.6) is 0 Å². The van der Waals surface area contributed by atoms with Crippen LogP contribution in [0, 0.1) is 5.41 Å². The van der Waals surface area contributed by atoms with Crippen LogP contribution >= 0.6 is 12.6 Å². The van der Waals surface area contributed by atoms with Crippen molar-refractivity contribution in [3.8, 4) is 0 Å². The molecule has 1 rings (SSSR count). The van der Waals surface area contributed by atoms with Gasteiger partial charge in [-0.15, -0.1) is 0 Å². The maximum absolute atomic E-state index is 7.58. The largest absolute Gasteiger partial charge is 0.399 e. The minimum Gasteiger partial charge on any atom is -0.399 e. The first-order valence-electron chi connectivity index (χ1n) is 4.30. The summed E-state index contributed by atoms with van der Waals surface area (Å²) in [5.74, 6) is 1.11. The average molecular weight is 201 g/mol. The lowest BCUT2D eigenvalue weighted by Crippen LogP contribution is -2.39. The Kier molecular flexibility index (Phi) is 4.08. The van der Waals surface area contributed by atoms with Gasteiger partial charge in [0.25, 0.3) is 0 Å². The van der Waals surface area contributed by atoms with Crippen molar-refractivity contribution in [1.29, 1.82) is 5.41 Å². The molecule has 0 aliphatic carbocycles. The van der Waals surface area contributed by atoms with Crippen LogP contribution in [0.4, 0.5) is 0 Å². The summed E-state index contributed by atoms with van der Waals surface area (Å²) in [4.78, 5) is 6.73. The summed E-state index contributed by atoms with van der Waals surface area (Å²) in [6.45, 7) is 1.73.